The van der Waals surface area contributed by atoms with Gasteiger partial charge in [0.2, 0.25) is 5.91 Å². The van der Waals surface area contributed by atoms with Crippen molar-refractivity contribution in [3.8, 4) is 0 Å². The topological polar surface area (TPSA) is 20.3 Å². The Morgan fingerprint density at radius 2 is 2.00 bits per heavy atom. The fourth-order valence-corrected chi connectivity index (χ4v) is 1.98. The predicted molar refractivity (Wildman–Crippen MR) is 65.3 cm³/mol. The maximum absolute atomic E-state index is 12.8. The first-order chi connectivity index (χ1) is 8.20. The molecule has 0 aromatic heterocycles. The molecule has 0 saturated heterocycles. The third-order valence-electron chi connectivity index (χ3n) is 2.88. The van der Waals surface area contributed by atoms with Crippen molar-refractivity contribution >= 4 is 17.5 Å². The molecule has 1 aliphatic carbocycles. The van der Waals surface area contributed by atoms with Gasteiger partial charge in [-0.25, -0.2) is 4.39 Å². The molecule has 1 aliphatic rings. The van der Waals surface area contributed by atoms with E-state index in [1.807, 2.05) is 4.90 Å². The monoisotopic (exact) mass is 255 g/mol. The van der Waals surface area contributed by atoms with Gasteiger partial charge >= 0.3 is 0 Å². The van der Waals surface area contributed by atoms with E-state index < -0.39 is 0 Å². The largest absolute Gasteiger partial charge is 0.335 e. The summed E-state index contributed by atoms with van der Waals surface area (Å²) >= 11 is 5.59. The third-order valence-corrected chi connectivity index (χ3v) is 3.07. The number of carbonyl (C=O) groups is 1. The van der Waals surface area contributed by atoms with Crippen LogP contribution in [0, 0.1) is 5.82 Å². The van der Waals surface area contributed by atoms with Crippen LogP contribution in [0.15, 0.2) is 24.3 Å². The highest BCUT2D eigenvalue weighted by atomic mass is 35.5. The van der Waals surface area contributed by atoms with Crippen molar-refractivity contribution in [2.75, 3.05) is 5.88 Å². The molecule has 0 N–H and O–H groups in total. The summed E-state index contributed by atoms with van der Waals surface area (Å²) < 4.78 is 12.8. The molecule has 0 spiro atoms. The van der Waals surface area contributed by atoms with Crippen LogP contribution in [-0.4, -0.2) is 22.7 Å². The van der Waals surface area contributed by atoms with E-state index in [1.54, 1.807) is 12.1 Å². The predicted octanol–water partition coefficient (Wildman–Crippen LogP) is 2.95. The van der Waals surface area contributed by atoms with E-state index in [1.165, 1.54) is 12.1 Å². The van der Waals surface area contributed by atoms with Gasteiger partial charge in [-0.2, -0.15) is 0 Å². The standard InChI is InChI=1S/C13H15ClFNO/c14-8-7-13(17)16(12-5-6-12)9-10-1-3-11(15)4-2-10/h1-4,12H,5-9H2. The summed E-state index contributed by atoms with van der Waals surface area (Å²) in [6.45, 7) is 0.556. The number of alkyl halides is 1. The Balaban J connectivity index is 2.02. The first kappa shape index (κ1) is 12.4. The number of benzene rings is 1. The molecule has 1 aromatic carbocycles. The van der Waals surface area contributed by atoms with Crippen molar-refractivity contribution in [2.45, 2.75) is 31.8 Å². The number of amides is 1. The van der Waals surface area contributed by atoms with Crippen LogP contribution in [0.2, 0.25) is 0 Å². The highest BCUT2D eigenvalue weighted by Crippen LogP contribution is 2.29. The van der Waals surface area contributed by atoms with E-state index in [2.05, 4.69) is 0 Å². The zero-order valence-electron chi connectivity index (χ0n) is 9.53. The summed E-state index contributed by atoms with van der Waals surface area (Å²) in [4.78, 5) is 13.7. The Kier molecular flexibility index (Phi) is 4.00. The molecular weight excluding hydrogens is 241 g/mol. The number of rotatable bonds is 5. The third kappa shape index (κ3) is 3.43. The normalized spacial score (nSPS) is 14.7. The molecule has 17 heavy (non-hydrogen) atoms. The van der Waals surface area contributed by atoms with Gasteiger partial charge in [-0.05, 0) is 30.5 Å². The van der Waals surface area contributed by atoms with Gasteiger partial charge in [-0.15, -0.1) is 11.6 Å². The van der Waals surface area contributed by atoms with Crippen molar-refractivity contribution < 1.29 is 9.18 Å². The summed E-state index contributed by atoms with van der Waals surface area (Å²) in [7, 11) is 0. The van der Waals surface area contributed by atoms with Gasteiger partial charge in [0, 0.05) is 24.9 Å². The van der Waals surface area contributed by atoms with Gasteiger partial charge in [0.25, 0.3) is 0 Å². The van der Waals surface area contributed by atoms with Gasteiger partial charge in [0.1, 0.15) is 5.82 Å². The Bertz CT molecular complexity index is 389. The van der Waals surface area contributed by atoms with Crippen molar-refractivity contribution in [1.29, 1.82) is 0 Å². The summed E-state index contributed by atoms with van der Waals surface area (Å²) in [5.41, 5.74) is 0.959. The van der Waals surface area contributed by atoms with Crippen molar-refractivity contribution in [2.24, 2.45) is 0 Å². The van der Waals surface area contributed by atoms with Crippen LogP contribution in [0.3, 0.4) is 0 Å². The second kappa shape index (κ2) is 5.50. The van der Waals surface area contributed by atoms with Gasteiger partial charge in [-0.1, -0.05) is 12.1 Å². The molecule has 0 radical (unpaired) electrons. The Hall–Kier alpha value is -1.09. The van der Waals surface area contributed by atoms with Crippen LogP contribution < -0.4 is 0 Å². The zero-order valence-corrected chi connectivity index (χ0v) is 10.3. The second-order valence-corrected chi connectivity index (χ2v) is 4.70. The van der Waals surface area contributed by atoms with Crippen molar-refractivity contribution in [3.63, 3.8) is 0 Å². The SMILES string of the molecule is O=C(CCCl)N(Cc1ccc(F)cc1)C1CC1. The van der Waals surface area contributed by atoms with Crippen LogP contribution >= 0.6 is 11.6 Å². The molecule has 0 aliphatic heterocycles. The van der Waals surface area contributed by atoms with Crippen LogP contribution in [0.4, 0.5) is 4.39 Å². The lowest BCUT2D eigenvalue weighted by Crippen LogP contribution is -2.32. The Morgan fingerprint density at radius 3 is 2.53 bits per heavy atom. The minimum absolute atomic E-state index is 0.0897. The highest BCUT2D eigenvalue weighted by Gasteiger charge is 2.31. The average Bonchev–Trinajstić information content (AvgIpc) is 3.12. The molecule has 1 saturated carbocycles. The van der Waals surface area contributed by atoms with Crippen LogP contribution in [0.5, 0.6) is 0 Å². The van der Waals surface area contributed by atoms with Crippen LogP contribution in [0.1, 0.15) is 24.8 Å². The summed E-state index contributed by atoms with van der Waals surface area (Å²) in [6.07, 6.45) is 2.50. The maximum atomic E-state index is 12.8. The Labute approximate surface area is 105 Å². The quantitative estimate of drug-likeness (QED) is 0.741. The highest BCUT2D eigenvalue weighted by molar-refractivity contribution is 6.18. The summed E-state index contributed by atoms with van der Waals surface area (Å²) in [6, 6.07) is 6.65. The molecule has 2 nitrogen and oxygen atoms in total. The number of carbonyl (C=O) groups excluding carboxylic acids is 1. The number of halogens is 2. The summed E-state index contributed by atoms with van der Waals surface area (Å²) in [5, 5.41) is 0. The van der Waals surface area contributed by atoms with E-state index in [0.29, 0.717) is 24.9 Å². The van der Waals surface area contributed by atoms with E-state index in [9.17, 15) is 9.18 Å². The maximum Gasteiger partial charge on any atom is 0.224 e. The molecule has 92 valence electrons. The lowest BCUT2D eigenvalue weighted by molar-refractivity contribution is -0.132. The minimum atomic E-state index is -0.251. The molecule has 1 amide bonds. The van der Waals surface area contributed by atoms with E-state index in [4.69, 9.17) is 11.6 Å². The average molecular weight is 256 g/mol. The van der Waals surface area contributed by atoms with Crippen molar-refractivity contribution in [3.05, 3.63) is 35.6 Å². The number of hydrogen-bond donors (Lipinski definition) is 0. The molecule has 0 unspecified atom stereocenters. The first-order valence-electron chi connectivity index (χ1n) is 5.80. The molecule has 0 atom stereocenters. The molecular formula is C13H15ClFNO. The smallest absolute Gasteiger partial charge is 0.224 e. The van der Waals surface area contributed by atoms with Gasteiger partial charge in [0.15, 0.2) is 0 Å². The summed E-state index contributed by atoms with van der Waals surface area (Å²) in [5.74, 6) is 0.191. The van der Waals surface area contributed by atoms with Gasteiger partial charge in [-0.3, -0.25) is 4.79 Å². The molecule has 1 fully saturated rings. The number of hydrogen-bond acceptors (Lipinski definition) is 1. The molecule has 0 bridgehead atoms. The first-order valence-corrected chi connectivity index (χ1v) is 6.34. The van der Waals surface area contributed by atoms with Crippen LogP contribution in [0.25, 0.3) is 0 Å². The minimum Gasteiger partial charge on any atom is -0.335 e. The zero-order chi connectivity index (χ0) is 12.3. The van der Waals surface area contributed by atoms with Crippen molar-refractivity contribution in [1.82, 2.24) is 4.90 Å². The van der Waals surface area contributed by atoms with E-state index >= 15 is 0 Å². The van der Waals surface area contributed by atoms with E-state index in [-0.39, 0.29) is 11.7 Å². The molecule has 2 rings (SSSR count). The lowest BCUT2D eigenvalue weighted by Gasteiger charge is -2.22. The molecule has 4 heteroatoms. The second-order valence-electron chi connectivity index (χ2n) is 4.32. The molecule has 1 aromatic rings. The van der Waals surface area contributed by atoms with Gasteiger partial charge < -0.3 is 4.90 Å². The van der Waals surface area contributed by atoms with Crippen LogP contribution in [-0.2, 0) is 11.3 Å². The van der Waals surface area contributed by atoms with Gasteiger partial charge in [0.05, 0.1) is 0 Å². The fraction of sp³-hybridized carbons (Fsp3) is 0.462. The Morgan fingerprint density at radius 1 is 1.35 bits per heavy atom. The molecule has 0 heterocycles. The number of nitrogens with zero attached hydrogens (tertiary/aromatic N) is 1. The fourth-order valence-electron chi connectivity index (χ4n) is 1.82. The lowest BCUT2D eigenvalue weighted by atomic mass is 10.2. The van der Waals surface area contributed by atoms with E-state index in [0.717, 1.165) is 18.4 Å².